The molecule has 1 saturated carbocycles. The zero-order valence-corrected chi connectivity index (χ0v) is 11.7. The predicted octanol–water partition coefficient (Wildman–Crippen LogP) is 1.06. The maximum Gasteiger partial charge on any atom is 0.236 e. The van der Waals surface area contributed by atoms with E-state index in [1.165, 1.54) is 0 Å². The number of rotatable bonds is 5. The van der Waals surface area contributed by atoms with Crippen LogP contribution in [0.2, 0.25) is 0 Å². The van der Waals surface area contributed by atoms with Crippen molar-refractivity contribution in [2.75, 3.05) is 7.11 Å². The second-order valence-electron chi connectivity index (χ2n) is 5.38. The molecule has 21 heavy (non-hydrogen) atoms. The van der Waals surface area contributed by atoms with Gasteiger partial charge in [0.1, 0.15) is 11.2 Å². The third-order valence-electron chi connectivity index (χ3n) is 3.98. The molecule has 2 amide bonds. The first kappa shape index (κ1) is 13.5. The van der Waals surface area contributed by atoms with Crippen molar-refractivity contribution in [1.29, 1.82) is 0 Å². The van der Waals surface area contributed by atoms with Crippen LogP contribution in [0.5, 0.6) is 5.75 Å². The maximum absolute atomic E-state index is 12.0. The van der Waals surface area contributed by atoms with Crippen LogP contribution in [0.1, 0.15) is 18.5 Å². The Hall–Kier alpha value is -2.50. The summed E-state index contributed by atoms with van der Waals surface area (Å²) in [7, 11) is 1.62. The molecule has 0 aliphatic heterocycles. The average molecular weight is 287 g/mol. The van der Waals surface area contributed by atoms with Crippen LogP contribution in [0.25, 0.3) is 10.9 Å². The average Bonchev–Trinajstić information content (AvgIpc) is 3.19. The number of H-pyrrole nitrogens is 1. The molecule has 0 unspecified atom stereocenters. The zero-order chi connectivity index (χ0) is 15.0. The van der Waals surface area contributed by atoms with Crippen molar-refractivity contribution in [2.24, 2.45) is 11.1 Å². The van der Waals surface area contributed by atoms with Crippen molar-refractivity contribution in [3.05, 3.63) is 30.0 Å². The topological polar surface area (TPSA) is 97.2 Å². The Kier molecular flexibility index (Phi) is 3.08. The summed E-state index contributed by atoms with van der Waals surface area (Å²) in [5.41, 5.74) is 6.13. The summed E-state index contributed by atoms with van der Waals surface area (Å²) in [6.45, 7) is 0.338. The summed E-state index contributed by atoms with van der Waals surface area (Å²) in [4.78, 5) is 26.5. The van der Waals surface area contributed by atoms with Gasteiger partial charge in [-0.1, -0.05) is 0 Å². The Labute approximate surface area is 121 Å². The number of carbonyl (C=O) groups excluding carboxylic acids is 2. The fraction of sp³-hybridized carbons (Fsp3) is 0.333. The highest BCUT2D eigenvalue weighted by atomic mass is 16.5. The minimum Gasteiger partial charge on any atom is -0.497 e. The van der Waals surface area contributed by atoms with E-state index in [4.69, 9.17) is 10.5 Å². The van der Waals surface area contributed by atoms with E-state index >= 15 is 0 Å². The highest BCUT2D eigenvalue weighted by Crippen LogP contribution is 2.45. The maximum atomic E-state index is 12.0. The number of nitrogens with two attached hydrogens (primary N) is 1. The Morgan fingerprint density at radius 1 is 1.38 bits per heavy atom. The number of hydrogen-bond acceptors (Lipinski definition) is 3. The standard InChI is InChI=1S/C15H17N3O3/c1-21-11-2-3-12-9(7-11)6-10(18-12)8-17-14(20)15(4-5-15)13(16)19/h2-3,6-7,18H,4-5,8H2,1H3,(H2,16,19)(H,17,20). The molecular weight excluding hydrogens is 270 g/mol. The Bertz CT molecular complexity index is 716. The highest BCUT2D eigenvalue weighted by molar-refractivity contribution is 6.07. The molecule has 0 bridgehead atoms. The van der Waals surface area contributed by atoms with E-state index in [-0.39, 0.29) is 5.91 Å². The van der Waals surface area contributed by atoms with Crippen molar-refractivity contribution in [1.82, 2.24) is 10.3 Å². The van der Waals surface area contributed by atoms with Gasteiger partial charge < -0.3 is 20.8 Å². The van der Waals surface area contributed by atoms with Gasteiger partial charge in [0.15, 0.2) is 0 Å². The summed E-state index contributed by atoms with van der Waals surface area (Å²) in [5, 5.41) is 3.78. The lowest BCUT2D eigenvalue weighted by Gasteiger charge is -2.10. The Morgan fingerprint density at radius 3 is 2.76 bits per heavy atom. The summed E-state index contributed by atoms with van der Waals surface area (Å²) in [5.74, 6) is -0.0460. The van der Waals surface area contributed by atoms with Crippen LogP contribution < -0.4 is 15.8 Å². The molecular formula is C15H17N3O3. The molecule has 1 fully saturated rings. The fourth-order valence-corrected chi connectivity index (χ4v) is 2.45. The number of methoxy groups -OCH3 is 1. The molecule has 110 valence electrons. The molecule has 1 heterocycles. The lowest BCUT2D eigenvalue weighted by molar-refractivity contribution is -0.135. The second-order valence-corrected chi connectivity index (χ2v) is 5.38. The molecule has 1 aliphatic carbocycles. The minimum absolute atomic E-state index is 0.286. The van der Waals surface area contributed by atoms with Gasteiger partial charge in [0, 0.05) is 16.6 Å². The third kappa shape index (κ3) is 2.33. The van der Waals surface area contributed by atoms with E-state index in [0.29, 0.717) is 19.4 Å². The molecule has 6 nitrogen and oxygen atoms in total. The summed E-state index contributed by atoms with van der Waals surface area (Å²) >= 11 is 0. The number of benzene rings is 1. The van der Waals surface area contributed by atoms with E-state index in [9.17, 15) is 9.59 Å². The minimum atomic E-state index is -0.977. The van der Waals surface area contributed by atoms with Crippen LogP contribution in [0.4, 0.5) is 0 Å². The van der Waals surface area contributed by atoms with Crippen LogP contribution in [0, 0.1) is 5.41 Å². The van der Waals surface area contributed by atoms with Crippen molar-refractivity contribution < 1.29 is 14.3 Å². The molecule has 1 aliphatic rings. The normalized spacial score (nSPS) is 15.7. The van der Waals surface area contributed by atoms with Crippen LogP contribution in [0.3, 0.4) is 0 Å². The van der Waals surface area contributed by atoms with E-state index in [1.54, 1.807) is 7.11 Å². The van der Waals surface area contributed by atoms with Crippen molar-refractivity contribution in [3.8, 4) is 5.75 Å². The molecule has 0 spiro atoms. The SMILES string of the molecule is COc1ccc2[nH]c(CNC(=O)C3(C(N)=O)CC3)cc2c1. The molecule has 4 N–H and O–H groups in total. The van der Waals surface area contributed by atoms with Gasteiger partial charge in [-0.05, 0) is 37.1 Å². The lowest BCUT2D eigenvalue weighted by atomic mass is 10.1. The van der Waals surface area contributed by atoms with Gasteiger partial charge in [-0.3, -0.25) is 9.59 Å². The van der Waals surface area contributed by atoms with Crippen molar-refractivity contribution in [3.63, 3.8) is 0 Å². The molecule has 0 saturated heterocycles. The van der Waals surface area contributed by atoms with Crippen molar-refractivity contribution >= 4 is 22.7 Å². The lowest BCUT2D eigenvalue weighted by Crippen LogP contribution is -2.40. The summed E-state index contributed by atoms with van der Waals surface area (Å²) in [6, 6.07) is 7.66. The molecule has 6 heteroatoms. The predicted molar refractivity (Wildman–Crippen MR) is 77.6 cm³/mol. The first-order valence-corrected chi connectivity index (χ1v) is 6.79. The quantitative estimate of drug-likeness (QED) is 0.717. The van der Waals surface area contributed by atoms with Gasteiger partial charge in [0.2, 0.25) is 11.8 Å². The number of hydrogen-bond donors (Lipinski definition) is 3. The number of amides is 2. The van der Waals surface area contributed by atoms with Gasteiger partial charge in [-0.15, -0.1) is 0 Å². The molecule has 1 aromatic carbocycles. The van der Waals surface area contributed by atoms with Gasteiger partial charge in [0.05, 0.1) is 13.7 Å². The van der Waals surface area contributed by atoms with Gasteiger partial charge >= 0.3 is 0 Å². The molecule has 0 atom stereocenters. The zero-order valence-electron chi connectivity index (χ0n) is 11.7. The largest absolute Gasteiger partial charge is 0.497 e. The summed E-state index contributed by atoms with van der Waals surface area (Å²) in [6.07, 6.45) is 1.08. The van der Waals surface area contributed by atoms with Gasteiger partial charge in [0.25, 0.3) is 0 Å². The monoisotopic (exact) mass is 287 g/mol. The molecule has 0 radical (unpaired) electrons. The molecule has 3 rings (SSSR count). The van der Waals surface area contributed by atoms with Crippen LogP contribution in [-0.4, -0.2) is 23.9 Å². The number of aromatic nitrogens is 1. The Morgan fingerprint density at radius 2 is 2.14 bits per heavy atom. The van der Waals surface area contributed by atoms with Crippen LogP contribution >= 0.6 is 0 Å². The first-order chi connectivity index (χ1) is 10.0. The van der Waals surface area contributed by atoms with Crippen LogP contribution in [-0.2, 0) is 16.1 Å². The van der Waals surface area contributed by atoms with E-state index in [0.717, 1.165) is 22.3 Å². The van der Waals surface area contributed by atoms with E-state index < -0.39 is 11.3 Å². The second kappa shape index (κ2) is 4.80. The number of nitrogens with one attached hydrogen (secondary N) is 2. The highest BCUT2D eigenvalue weighted by Gasteiger charge is 2.55. The number of carbonyl (C=O) groups is 2. The van der Waals surface area contributed by atoms with Gasteiger partial charge in [-0.2, -0.15) is 0 Å². The number of primary amides is 1. The molecule has 1 aromatic heterocycles. The number of fused-ring (bicyclic) bond motifs is 1. The smallest absolute Gasteiger partial charge is 0.236 e. The van der Waals surface area contributed by atoms with Gasteiger partial charge in [-0.25, -0.2) is 0 Å². The van der Waals surface area contributed by atoms with Crippen molar-refractivity contribution in [2.45, 2.75) is 19.4 Å². The summed E-state index contributed by atoms with van der Waals surface area (Å²) < 4.78 is 5.17. The van der Waals surface area contributed by atoms with E-state index in [2.05, 4.69) is 10.3 Å². The fourth-order valence-electron chi connectivity index (χ4n) is 2.45. The third-order valence-corrected chi connectivity index (χ3v) is 3.98. The van der Waals surface area contributed by atoms with Crippen LogP contribution in [0.15, 0.2) is 24.3 Å². The molecule has 2 aromatic rings. The number of ether oxygens (including phenoxy) is 1. The van der Waals surface area contributed by atoms with E-state index in [1.807, 2.05) is 24.3 Å². The Balaban J connectivity index is 1.71. The first-order valence-electron chi connectivity index (χ1n) is 6.79. The number of aromatic amines is 1.